The first-order chi connectivity index (χ1) is 12.7. The third kappa shape index (κ3) is 3.48. The van der Waals surface area contributed by atoms with Gasteiger partial charge in [-0.15, -0.1) is 6.58 Å². The van der Waals surface area contributed by atoms with Crippen molar-refractivity contribution in [2.45, 2.75) is 12.6 Å². The van der Waals surface area contributed by atoms with Crippen LogP contribution in [-0.2, 0) is 11.3 Å². The van der Waals surface area contributed by atoms with Crippen LogP contribution in [0.25, 0.3) is 0 Å². The molecule has 1 aliphatic heterocycles. The lowest BCUT2D eigenvalue weighted by molar-refractivity contribution is 0.0571. The maximum atomic E-state index is 13.0. The number of hydrogen-bond donors (Lipinski definition) is 1. The van der Waals surface area contributed by atoms with Gasteiger partial charge in [0.25, 0.3) is 5.91 Å². The molecule has 136 valence electrons. The van der Waals surface area contributed by atoms with Crippen LogP contribution >= 0.6 is 0 Å². The number of benzene rings is 1. The van der Waals surface area contributed by atoms with Gasteiger partial charge in [-0.3, -0.25) is 14.3 Å². The lowest BCUT2D eigenvalue weighted by atomic mass is 10.2. The maximum absolute atomic E-state index is 13.0. The summed E-state index contributed by atoms with van der Waals surface area (Å²) in [6.45, 7) is 4.54. The second-order valence-corrected chi connectivity index (χ2v) is 5.85. The van der Waals surface area contributed by atoms with Crippen LogP contribution < -0.4 is 15.6 Å². The zero-order chi connectivity index (χ0) is 18.5. The van der Waals surface area contributed by atoms with Crippen LogP contribution in [0.2, 0.25) is 0 Å². The lowest BCUT2D eigenvalue weighted by Crippen LogP contribution is -2.51. The van der Waals surface area contributed by atoms with E-state index in [1.807, 2.05) is 30.3 Å². The number of amides is 1. The van der Waals surface area contributed by atoms with Gasteiger partial charge in [-0.25, -0.2) is 0 Å². The molecule has 2 heterocycles. The van der Waals surface area contributed by atoms with E-state index in [4.69, 9.17) is 9.47 Å². The Hall–Kier alpha value is -3.06. The Labute approximate surface area is 151 Å². The van der Waals surface area contributed by atoms with Crippen molar-refractivity contribution < 1.29 is 14.3 Å². The normalized spacial score (nSPS) is 14.3. The minimum absolute atomic E-state index is 0.0267. The summed E-state index contributed by atoms with van der Waals surface area (Å²) in [7, 11) is 1.56. The van der Waals surface area contributed by atoms with Gasteiger partial charge in [0, 0.05) is 19.4 Å². The van der Waals surface area contributed by atoms with Gasteiger partial charge in [-0.1, -0.05) is 36.4 Å². The van der Waals surface area contributed by atoms with Gasteiger partial charge >= 0.3 is 0 Å². The average Bonchev–Trinajstić information content (AvgIpc) is 2.67. The molecule has 7 nitrogen and oxygen atoms in total. The van der Waals surface area contributed by atoms with Crippen LogP contribution in [0.4, 0.5) is 0 Å². The zero-order valence-corrected chi connectivity index (χ0v) is 14.6. The number of pyridine rings is 1. The van der Waals surface area contributed by atoms with Crippen LogP contribution in [-0.4, -0.2) is 41.9 Å². The van der Waals surface area contributed by atoms with Gasteiger partial charge in [-0.2, -0.15) is 0 Å². The van der Waals surface area contributed by atoms with Crippen molar-refractivity contribution >= 4 is 5.91 Å². The Morgan fingerprint density at radius 1 is 1.27 bits per heavy atom. The van der Waals surface area contributed by atoms with Crippen molar-refractivity contribution in [1.29, 1.82) is 0 Å². The molecular formula is C19H21N3O4. The Morgan fingerprint density at radius 2 is 2.04 bits per heavy atom. The first kappa shape index (κ1) is 17.8. The molecule has 7 heteroatoms. The Kier molecular flexibility index (Phi) is 5.38. The molecule has 0 fully saturated rings. The fourth-order valence-electron chi connectivity index (χ4n) is 2.80. The smallest absolute Gasteiger partial charge is 0.278 e. The van der Waals surface area contributed by atoms with Crippen molar-refractivity contribution in [3.05, 3.63) is 76.7 Å². The van der Waals surface area contributed by atoms with Gasteiger partial charge in [0.15, 0.2) is 11.4 Å². The van der Waals surface area contributed by atoms with Crippen molar-refractivity contribution in [2.75, 3.05) is 25.8 Å². The number of methoxy groups -OCH3 is 1. The minimum Gasteiger partial charge on any atom is -0.482 e. The summed E-state index contributed by atoms with van der Waals surface area (Å²) < 4.78 is 12.4. The fourth-order valence-corrected chi connectivity index (χ4v) is 2.80. The Morgan fingerprint density at radius 3 is 2.73 bits per heavy atom. The molecule has 0 spiro atoms. The monoisotopic (exact) mass is 355 g/mol. The van der Waals surface area contributed by atoms with Crippen LogP contribution in [0, 0.1) is 0 Å². The molecule has 3 rings (SSSR count). The highest BCUT2D eigenvalue weighted by Gasteiger charge is 2.32. The number of nitrogens with zero attached hydrogens (tertiary/aromatic N) is 2. The minimum atomic E-state index is -0.342. The third-order valence-electron chi connectivity index (χ3n) is 4.17. The van der Waals surface area contributed by atoms with Crippen molar-refractivity contribution in [1.82, 2.24) is 9.58 Å². The van der Waals surface area contributed by atoms with E-state index in [9.17, 15) is 9.59 Å². The highest BCUT2D eigenvalue weighted by atomic mass is 16.5. The molecule has 1 unspecified atom stereocenters. The summed E-state index contributed by atoms with van der Waals surface area (Å²) in [5.74, 6) is -0.287. The van der Waals surface area contributed by atoms with Gasteiger partial charge in [0.05, 0.1) is 12.6 Å². The van der Waals surface area contributed by atoms with E-state index in [-0.39, 0.29) is 42.1 Å². The van der Waals surface area contributed by atoms with Crippen molar-refractivity contribution in [2.24, 2.45) is 0 Å². The predicted molar refractivity (Wildman–Crippen MR) is 97.7 cm³/mol. The SMILES string of the molecule is C=CC(COC)N1CNn2ccc(=O)c(OCc3ccccc3)c2C1=O. The lowest BCUT2D eigenvalue weighted by Gasteiger charge is -2.35. The maximum Gasteiger partial charge on any atom is 0.278 e. The quantitative estimate of drug-likeness (QED) is 0.764. The molecule has 0 saturated carbocycles. The molecule has 26 heavy (non-hydrogen) atoms. The molecule has 0 saturated heterocycles. The number of hydrogen-bond acceptors (Lipinski definition) is 5. The van der Waals surface area contributed by atoms with E-state index in [0.717, 1.165) is 5.56 Å². The number of aromatic nitrogens is 1. The number of nitrogens with one attached hydrogen (secondary N) is 1. The topological polar surface area (TPSA) is 72.8 Å². The van der Waals surface area contributed by atoms with Gasteiger partial charge < -0.3 is 19.8 Å². The van der Waals surface area contributed by atoms with Crippen molar-refractivity contribution in [3.8, 4) is 5.75 Å². The van der Waals surface area contributed by atoms with E-state index < -0.39 is 0 Å². The summed E-state index contributed by atoms with van der Waals surface area (Å²) in [6.07, 6.45) is 3.17. The predicted octanol–water partition coefficient (Wildman–Crippen LogP) is 1.59. The van der Waals surface area contributed by atoms with E-state index in [0.29, 0.717) is 6.61 Å². The summed E-state index contributed by atoms with van der Waals surface area (Å²) in [6, 6.07) is 10.5. The zero-order valence-electron chi connectivity index (χ0n) is 14.6. The first-order valence-electron chi connectivity index (χ1n) is 8.24. The second-order valence-electron chi connectivity index (χ2n) is 5.85. The first-order valence-corrected chi connectivity index (χ1v) is 8.24. The van der Waals surface area contributed by atoms with E-state index in [1.165, 1.54) is 16.9 Å². The van der Waals surface area contributed by atoms with Crippen LogP contribution in [0.3, 0.4) is 0 Å². The summed E-state index contributed by atoms with van der Waals surface area (Å²) in [4.78, 5) is 26.9. The number of carbonyl (C=O) groups is 1. The molecule has 2 aromatic rings. The molecule has 0 radical (unpaired) electrons. The highest BCUT2D eigenvalue weighted by molar-refractivity contribution is 5.96. The number of rotatable bonds is 7. The molecular weight excluding hydrogens is 334 g/mol. The van der Waals surface area contributed by atoms with Crippen LogP contribution in [0.1, 0.15) is 16.1 Å². The Balaban J connectivity index is 1.92. The van der Waals surface area contributed by atoms with Gasteiger partial charge in [0.2, 0.25) is 5.43 Å². The fraction of sp³-hybridized carbons (Fsp3) is 0.263. The largest absolute Gasteiger partial charge is 0.482 e. The summed E-state index contributed by atoms with van der Waals surface area (Å²) >= 11 is 0. The molecule has 1 aromatic heterocycles. The van der Waals surface area contributed by atoms with E-state index in [2.05, 4.69) is 12.0 Å². The summed E-state index contributed by atoms with van der Waals surface area (Å²) in [5, 5.41) is 0. The standard InChI is InChI=1S/C19H21N3O4/c1-3-15(12-25-2)21-13-20-22-10-9-16(23)18(17(22)19(21)24)26-11-14-7-5-4-6-8-14/h3-10,15,20H,1,11-13H2,2H3. The van der Waals surface area contributed by atoms with Crippen LogP contribution in [0.5, 0.6) is 5.75 Å². The number of ether oxygens (including phenoxy) is 2. The molecule has 1 aliphatic rings. The number of fused-ring (bicyclic) bond motifs is 1. The van der Waals surface area contributed by atoms with Crippen molar-refractivity contribution in [3.63, 3.8) is 0 Å². The van der Waals surface area contributed by atoms with E-state index in [1.54, 1.807) is 18.1 Å². The van der Waals surface area contributed by atoms with Gasteiger partial charge in [-0.05, 0) is 5.56 Å². The Bertz CT molecular complexity index is 848. The van der Waals surface area contributed by atoms with Gasteiger partial charge in [0.1, 0.15) is 13.3 Å². The van der Waals surface area contributed by atoms with E-state index >= 15 is 0 Å². The average molecular weight is 355 g/mol. The number of carbonyl (C=O) groups excluding carboxylic acids is 1. The molecule has 1 atom stereocenters. The highest BCUT2D eigenvalue weighted by Crippen LogP contribution is 2.21. The second kappa shape index (κ2) is 7.88. The molecule has 0 bridgehead atoms. The van der Waals surface area contributed by atoms with Crippen LogP contribution in [0.15, 0.2) is 60.0 Å². The molecule has 1 N–H and O–H groups in total. The summed E-state index contributed by atoms with van der Waals surface area (Å²) in [5.41, 5.74) is 3.82. The molecule has 1 amide bonds. The molecule has 0 aliphatic carbocycles. The third-order valence-corrected chi connectivity index (χ3v) is 4.17. The molecule has 1 aromatic carbocycles.